The highest BCUT2D eigenvalue weighted by Crippen LogP contribution is 2.41. The monoisotopic (exact) mass is 211 g/mol. The highest BCUT2D eigenvalue weighted by atomic mass is 16.6. The first-order valence-electron chi connectivity index (χ1n) is 6.12. The lowest BCUT2D eigenvalue weighted by molar-refractivity contribution is -0.119. The number of nitrogens with one attached hydrogen (secondary N) is 1. The molecule has 0 aromatic carbocycles. The molecule has 15 heavy (non-hydrogen) atoms. The van der Waals surface area contributed by atoms with E-state index in [4.69, 9.17) is 9.47 Å². The second kappa shape index (κ2) is 3.19. The Balaban J connectivity index is 1.61. The van der Waals surface area contributed by atoms with Crippen molar-refractivity contribution in [3.63, 3.8) is 0 Å². The fourth-order valence-electron chi connectivity index (χ4n) is 2.87. The van der Waals surface area contributed by atoms with Crippen LogP contribution in [-0.2, 0) is 9.47 Å². The fraction of sp³-hybridized carbons (Fsp3) is 1.00. The molecule has 3 fully saturated rings. The minimum absolute atomic E-state index is 0.0284. The van der Waals surface area contributed by atoms with Crippen molar-refractivity contribution >= 4 is 0 Å². The van der Waals surface area contributed by atoms with Crippen LogP contribution in [-0.4, -0.2) is 31.1 Å². The highest BCUT2D eigenvalue weighted by molar-refractivity contribution is 4.97. The maximum atomic E-state index is 6.04. The predicted octanol–water partition coefficient (Wildman–Crippen LogP) is 1.53. The van der Waals surface area contributed by atoms with E-state index in [2.05, 4.69) is 19.2 Å². The molecule has 3 rings (SSSR count). The van der Waals surface area contributed by atoms with Crippen molar-refractivity contribution in [1.29, 1.82) is 0 Å². The Morgan fingerprint density at radius 3 is 2.40 bits per heavy atom. The fourth-order valence-corrected chi connectivity index (χ4v) is 2.87. The molecule has 2 aliphatic heterocycles. The van der Waals surface area contributed by atoms with Crippen LogP contribution in [0.15, 0.2) is 0 Å². The molecule has 1 N–H and O–H groups in total. The first-order valence-corrected chi connectivity index (χ1v) is 6.12. The lowest BCUT2D eigenvalue weighted by Gasteiger charge is -2.38. The quantitative estimate of drug-likeness (QED) is 0.713. The van der Waals surface area contributed by atoms with Crippen molar-refractivity contribution in [2.45, 2.75) is 44.4 Å². The number of rotatable bonds is 1. The van der Waals surface area contributed by atoms with Gasteiger partial charge < -0.3 is 9.47 Å². The molecule has 0 amide bonds. The Kier molecular flexibility index (Phi) is 2.14. The molecular weight excluding hydrogens is 190 g/mol. The van der Waals surface area contributed by atoms with Gasteiger partial charge in [-0.2, -0.15) is 0 Å². The van der Waals surface area contributed by atoms with Gasteiger partial charge in [-0.1, -0.05) is 0 Å². The summed E-state index contributed by atoms with van der Waals surface area (Å²) in [7, 11) is 0. The molecule has 1 saturated carbocycles. The van der Waals surface area contributed by atoms with Gasteiger partial charge in [0.2, 0.25) is 0 Å². The first kappa shape index (κ1) is 10.1. The zero-order valence-corrected chi connectivity index (χ0v) is 9.71. The van der Waals surface area contributed by atoms with Crippen LogP contribution in [0.4, 0.5) is 0 Å². The molecule has 0 radical (unpaired) electrons. The smallest absolute Gasteiger partial charge is 0.145 e. The summed E-state index contributed by atoms with van der Waals surface area (Å²) in [5.41, 5.74) is -0.200. The summed E-state index contributed by atoms with van der Waals surface area (Å²) < 4.78 is 11.8. The van der Waals surface area contributed by atoms with Gasteiger partial charge >= 0.3 is 0 Å². The maximum absolute atomic E-state index is 6.04. The molecule has 0 aromatic rings. The van der Waals surface area contributed by atoms with Gasteiger partial charge in [0.25, 0.3) is 0 Å². The molecule has 0 bridgehead atoms. The van der Waals surface area contributed by atoms with Crippen LogP contribution in [0, 0.1) is 11.8 Å². The second-order valence-electron chi connectivity index (χ2n) is 6.01. The SMILES string of the molecule is CC1(C)CC2(CO1)NCC(C1CC1)CO2. The molecular formula is C12H21NO2. The van der Waals surface area contributed by atoms with E-state index in [0.29, 0.717) is 6.61 Å². The van der Waals surface area contributed by atoms with Crippen LogP contribution < -0.4 is 5.32 Å². The van der Waals surface area contributed by atoms with Crippen molar-refractivity contribution in [3.05, 3.63) is 0 Å². The lowest BCUT2D eigenvalue weighted by Crippen LogP contribution is -2.56. The molecule has 2 atom stereocenters. The number of hydrogen-bond acceptors (Lipinski definition) is 3. The Morgan fingerprint density at radius 1 is 1.13 bits per heavy atom. The molecule has 86 valence electrons. The standard InChI is InChI=1S/C12H21NO2/c1-11(2)7-12(8-15-11)13-5-10(6-14-12)9-3-4-9/h9-10,13H,3-8H2,1-2H3. The topological polar surface area (TPSA) is 30.5 Å². The molecule has 3 heteroatoms. The molecule has 0 aromatic heterocycles. The third-order valence-corrected chi connectivity index (χ3v) is 3.96. The van der Waals surface area contributed by atoms with Crippen molar-refractivity contribution in [3.8, 4) is 0 Å². The summed E-state index contributed by atoms with van der Waals surface area (Å²) in [6.07, 6.45) is 3.78. The lowest BCUT2D eigenvalue weighted by atomic mass is 9.96. The van der Waals surface area contributed by atoms with E-state index in [1.807, 2.05) is 0 Å². The molecule has 3 nitrogen and oxygen atoms in total. The van der Waals surface area contributed by atoms with Crippen LogP contribution in [0.25, 0.3) is 0 Å². The highest BCUT2D eigenvalue weighted by Gasteiger charge is 2.49. The Bertz CT molecular complexity index is 252. The molecule has 3 aliphatic rings. The molecule has 1 spiro atoms. The molecule has 2 unspecified atom stereocenters. The summed E-state index contributed by atoms with van der Waals surface area (Å²) in [6, 6.07) is 0. The van der Waals surface area contributed by atoms with Gasteiger partial charge in [0.1, 0.15) is 5.72 Å². The van der Waals surface area contributed by atoms with Crippen LogP contribution in [0.2, 0.25) is 0 Å². The van der Waals surface area contributed by atoms with Gasteiger partial charge in [-0.3, -0.25) is 5.32 Å². The van der Waals surface area contributed by atoms with E-state index in [-0.39, 0.29) is 11.3 Å². The molecule has 2 saturated heterocycles. The summed E-state index contributed by atoms with van der Waals surface area (Å²) in [4.78, 5) is 0. The van der Waals surface area contributed by atoms with Crippen molar-refractivity contribution in [1.82, 2.24) is 5.32 Å². The summed E-state index contributed by atoms with van der Waals surface area (Å²) >= 11 is 0. The maximum Gasteiger partial charge on any atom is 0.145 e. The Morgan fingerprint density at radius 2 is 1.93 bits per heavy atom. The van der Waals surface area contributed by atoms with Gasteiger partial charge in [-0.05, 0) is 38.5 Å². The Labute approximate surface area is 91.5 Å². The third-order valence-electron chi connectivity index (χ3n) is 3.96. The van der Waals surface area contributed by atoms with E-state index in [1.165, 1.54) is 12.8 Å². The van der Waals surface area contributed by atoms with Gasteiger partial charge in [0.15, 0.2) is 0 Å². The first-order chi connectivity index (χ1) is 7.09. The minimum atomic E-state index is -0.172. The van der Waals surface area contributed by atoms with Crippen LogP contribution in [0.1, 0.15) is 33.1 Å². The summed E-state index contributed by atoms with van der Waals surface area (Å²) in [5, 5.41) is 3.57. The van der Waals surface area contributed by atoms with Crippen LogP contribution >= 0.6 is 0 Å². The molecule has 2 heterocycles. The van der Waals surface area contributed by atoms with Gasteiger partial charge in [-0.15, -0.1) is 0 Å². The zero-order valence-electron chi connectivity index (χ0n) is 9.71. The largest absolute Gasteiger partial charge is 0.371 e. The van der Waals surface area contributed by atoms with E-state index in [9.17, 15) is 0 Å². The third kappa shape index (κ3) is 1.93. The Hall–Kier alpha value is -0.120. The van der Waals surface area contributed by atoms with Gasteiger partial charge in [0, 0.05) is 13.0 Å². The zero-order chi connectivity index (χ0) is 10.5. The van der Waals surface area contributed by atoms with Crippen molar-refractivity contribution < 1.29 is 9.47 Å². The second-order valence-corrected chi connectivity index (χ2v) is 6.01. The number of hydrogen-bond donors (Lipinski definition) is 1. The van der Waals surface area contributed by atoms with E-state index in [1.54, 1.807) is 0 Å². The predicted molar refractivity (Wildman–Crippen MR) is 57.5 cm³/mol. The minimum Gasteiger partial charge on any atom is -0.371 e. The van der Waals surface area contributed by atoms with E-state index >= 15 is 0 Å². The van der Waals surface area contributed by atoms with E-state index in [0.717, 1.165) is 31.4 Å². The average Bonchev–Trinajstić information content (AvgIpc) is 2.96. The van der Waals surface area contributed by atoms with Crippen LogP contribution in [0.5, 0.6) is 0 Å². The average molecular weight is 211 g/mol. The van der Waals surface area contributed by atoms with Gasteiger partial charge in [0.05, 0.1) is 18.8 Å². The number of ether oxygens (including phenoxy) is 2. The van der Waals surface area contributed by atoms with Gasteiger partial charge in [-0.25, -0.2) is 0 Å². The summed E-state index contributed by atoms with van der Waals surface area (Å²) in [6.45, 7) is 7.03. The van der Waals surface area contributed by atoms with Crippen LogP contribution in [0.3, 0.4) is 0 Å². The van der Waals surface area contributed by atoms with Crippen molar-refractivity contribution in [2.24, 2.45) is 11.8 Å². The summed E-state index contributed by atoms with van der Waals surface area (Å²) in [5.74, 6) is 1.68. The van der Waals surface area contributed by atoms with Crippen molar-refractivity contribution in [2.75, 3.05) is 19.8 Å². The normalized spacial score (nSPS) is 44.8. The van der Waals surface area contributed by atoms with E-state index < -0.39 is 0 Å². The molecule has 1 aliphatic carbocycles.